The molecule has 0 unspecified atom stereocenters. The van der Waals surface area contributed by atoms with Gasteiger partial charge in [0.25, 0.3) is 0 Å². The minimum absolute atomic E-state index is 0.739. The van der Waals surface area contributed by atoms with Crippen molar-refractivity contribution in [1.82, 2.24) is 0 Å². The van der Waals surface area contributed by atoms with Crippen molar-refractivity contribution in [1.29, 1.82) is 0 Å². The van der Waals surface area contributed by atoms with Crippen molar-refractivity contribution in [3.63, 3.8) is 0 Å². The molecule has 4 heteroatoms. The Kier molecular flexibility index (Phi) is 6.79. The maximum absolute atomic E-state index is 5.57. The van der Waals surface area contributed by atoms with Crippen molar-refractivity contribution < 1.29 is 25.3 Å². The van der Waals surface area contributed by atoms with Crippen LogP contribution in [0.15, 0.2) is 0 Å². The molecule has 0 rings (SSSR count). The molecule has 0 aliphatic carbocycles. The quantitative estimate of drug-likeness (QED) is 0.719. The standard InChI is InChI=1S/C3H7O.2ClH.Hg/c1-3-4-2;;;/h1,3H2,2H3;2*1H;/q;;;+2/p-2. The first-order valence-corrected chi connectivity index (χ1v) is 19.7. The van der Waals surface area contributed by atoms with E-state index in [1.807, 2.05) is 0 Å². The third-order valence-corrected chi connectivity index (χ3v) is 8.51. The first kappa shape index (κ1) is 8.48. The van der Waals surface area contributed by atoms with Gasteiger partial charge in [0, 0.05) is 0 Å². The summed E-state index contributed by atoms with van der Waals surface area (Å²) >= 11 is -2.10. The number of rotatable bonds is 3. The van der Waals surface area contributed by atoms with E-state index in [9.17, 15) is 0 Å². The molecule has 0 N–H and O–H groups in total. The van der Waals surface area contributed by atoms with Crippen LogP contribution < -0.4 is 0 Å². The number of hydrogen-bond donors (Lipinski definition) is 0. The Morgan fingerprint density at radius 1 is 1.57 bits per heavy atom. The van der Waals surface area contributed by atoms with Gasteiger partial charge < -0.3 is 0 Å². The van der Waals surface area contributed by atoms with E-state index in [-0.39, 0.29) is 0 Å². The van der Waals surface area contributed by atoms with E-state index in [1.165, 1.54) is 0 Å². The molecule has 0 aromatic heterocycles. The molecule has 0 radical (unpaired) electrons. The molecule has 0 aromatic rings. The topological polar surface area (TPSA) is 9.23 Å². The Hall–Kier alpha value is 1.48. The monoisotopic (exact) mass is 331 g/mol. The predicted octanol–water partition coefficient (Wildman–Crippen LogP) is 1.98. The van der Waals surface area contributed by atoms with Crippen molar-refractivity contribution in [2.24, 2.45) is 0 Å². The Morgan fingerprint density at radius 2 is 2.14 bits per heavy atom. The second-order valence-electron chi connectivity index (χ2n) is 1.33. The second-order valence-corrected chi connectivity index (χ2v) is 21.5. The van der Waals surface area contributed by atoms with Crippen LogP contribution in [0.25, 0.3) is 0 Å². The summed E-state index contributed by atoms with van der Waals surface area (Å²) in [4.78, 5) is 0. The van der Waals surface area contributed by atoms with Crippen LogP contribution in [0.5, 0.6) is 0 Å². The van der Waals surface area contributed by atoms with E-state index < -0.39 is 20.6 Å². The third kappa shape index (κ3) is 7.48. The molecule has 41 valence electrons. The van der Waals surface area contributed by atoms with Crippen molar-refractivity contribution in [2.75, 3.05) is 13.7 Å². The molecule has 0 saturated carbocycles. The minimum atomic E-state index is -2.10. The molecule has 0 aromatic carbocycles. The molecule has 0 aliphatic rings. The molecule has 7 heavy (non-hydrogen) atoms. The molecule has 1 nitrogen and oxygen atoms in total. The molecule has 0 fully saturated rings. The van der Waals surface area contributed by atoms with Crippen LogP contribution in [0.1, 0.15) is 0 Å². The van der Waals surface area contributed by atoms with Gasteiger partial charge in [0.1, 0.15) is 0 Å². The Bertz CT molecular complexity index is 41.9. The average Bonchev–Trinajstić information content (AvgIpc) is 1.61. The zero-order valence-electron chi connectivity index (χ0n) is 4.29. The molecular formula is C3H7Cl2HgO. The van der Waals surface area contributed by atoms with E-state index in [4.69, 9.17) is 21.2 Å². The third-order valence-electron chi connectivity index (χ3n) is 0.616. The summed E-state index contributed by atoms with van der Waals surface area (Å²) in [5, 5.41) is 0. The van der Waals surface area contributed by atoms with Crippen molar-refractivity contribution in [2.45, 2.75) is 3.93 Å². The Labute approximate surface area is 59.1 Å². The van der Waals surface area contributed by atoms with E-state index in [2.05, 4.69) is 0 Å². The van der Waals surface area contributed by atoms with Crippen LogP contribution in [0.4, 0.5) is 0 Å². The summed E-state index contributed by atoms with van der Waals surface area (Å²) in [5.74, 6) is 0. The first-order chi connectivity index (χ1) is 3.27. The van der Waals surface area contributed by atoms with Crippen LogP contribution in [-0.2, 0) is 25.3 Å². The average molecular weight is 331 g/mol. The van der Waals surface area contributed by atoms with Crippen LogP contribution >= 0.6 is 16.5 Å². The summed E-state index contributed by atoms with van der Waals surface area (Å²) in [6.07, 6.45) is 0. The van der Waals surface area contributed by atoms with Crippen LogP contribution in [-0.4, -0.2) is 13.7 Å². The summed E-state index contributed by atoms with van der Waals surface area (Å²) in [5.41, 5.74) is 0. The summed E-state index contributed by atoms with van der Waals surface area (Å²) in [7, 11) is 12.8. The van der Waals surface area contributed by atoms with E-state index in [1.54, 1.807) is 7.11 Å². The number of hydrogen-bond acceptors (Lipinski definition) is 1. The number of halogens is 2. The van der Waals surface area contributed by atoms with Crippen LogP contribution in [0.2, 0.25) is 3.93 Å². The number of ether oxygens (including phenoxy) is 1. The first-order valence-electron chi connectivity index (χ1n) is 2.23. The number of methoxy groups -OCH3 is 1. The molecule has 0 saturated heterocycles. The molecule has 0 aliphatic heterocycles. The molecule has 0 amide bonds. The van der Waals surface area contributed by atoms with Crippen LogP contribution in [0, 0.1) is 0 Å². The summed E-state index contributed by atoms with van der Waals surface area (Å²) in [6, 6.07) is 0. The zero-order chi connectivity index (χ0) is 5.70. The van der Waals surface area contributed by atoms with Gasteiger partial charge in [0.2, 0.25) is 0 Å². The van der Waals surface area contributed by atoms with Crippen molar-refractivity contribution in [3.8, 4) is 0 Å². The molecule has 0 atom stereocenters. The van der Waals surface area contributed by atoms with Crippen LogP contribution in [0.3, 0.4) is 0 Å². The van der Waals surface area contributed by atoms with E-state index >= 15 is 0 Å². The maximum atomic E-state index is 5.57. The van der Waals surface area contributed by atoms with Gasteiger partial charge in [0.05, 0.1) is 0 Å². The summed E-state index contributed by atoms with van der Waals surface area (Å²) < 4.78 is 5.68. The molecule has 0 spiro atoms. The second kappa shape index (κ2) is 5.61. The fourth-order valence-corrected chi connectivity index (χ4v) is 4.14. The van der Waals surface area contributed by atoms with Gasteiger partial charge in [-0.05, 0) is 0 Å². The fourth-order valence-electron chi connectivity index (χ4n) is 0.253. The van der Waals surface area contributed by atoms with Gasteiger partial charge >= 0.3 is 59.4 Å². The van der Waals surface area contributed by atoms with Crippen molar-refractivity contribution in [3.05, 3.63) is 0 Å². The SMILES string of the molecule is COC[CH2][Hg]([Cl])[Cl]. The molecular weight excluding hydrogens is 324 g/mol. The van der Waals surface area contributed by atoms with Gasteiger partial charge in [-0.1, -0.05) is 0 Å². The predicted molar refractivity (Wildman–Crippen MR) is 28.4 cm³/mol. The van der Waals surface area contributed by atoms with E-state index in [0.29, 0.717) is 0 Å². The van der Waals surface area contributed by atoms with Gasteiger partial charge in [-0.2, -0.15) is 0 Å². The zero-order valence-corrected chi connectivity index (χ0v) is 11.3. The molecule has 0 heterocycles. The van der Waals surface area contributed by atoms with Gasteiger partial charge in [-0.3, -0.25) is 0 Å². The molecule has 0 bridgehead atoms. The van der Waals surface area contributed by atoms with Gasteiger partial charge in [-0.25, -0.2) is 0 Å². The van der Waals surface area contributed by atoms with E-state index in [0.717, 1.165) is 10.5 Å². The Balaban J connectivity index is 2.68. The van der Waals surface area contributed by atoms with Gasteiger partial charge in [0.15, 0.2) is 0 Å². The summed E-state index contributed by atoms with van der Waals surface area (Å²) in [6.45, 7) is 0.739. The Morgan fingerprint density at radius 3 is 2.29 bits per heavy atom. The van der Waals surface area contributed by atoms with Gasteiger partial charge in [-0.15, -0.1) is 0 Å². The van der Waals surface area contributed by atoms with Crippen molar-refractivity contribution >= 4 is 16.5 Å². The normalized spacial score (nSPS) is 9.00. The fraction of sp³-hybridized carbons (Fsp3) is 1.00.